The fraction of sp³-hybridized carbons (Fsp3) is 0.364. The van der Waals surface area contributed by atoms with E-state index in [2.05, 4.69) is 4.98 Å². The minimum Gasteiger partial charge on any atom is -0.480 e. The van der Waals surface area contributed by atoms with Crippen molar-refractivity contribution in [3.8, 4) is 5.88 Å². The maximum absolute atomic E-state index is 13.1. The van der Waals surface area contributed by atoms with Crippen molar-refractivity contribution in [3.63, 3.8) is 0 Å². The highest BCUT2D eigenvalue weighted by molar-refractivity contribution is 7.89. The number of aromatic nitrogens is 2. The molecule has 3 heterocycles. The first-order valence-corrected chi connectivity index (χ1v) is 12.1. The van der Waals surface area contributed by atoms with Gasteiger partial charge in [0.15, 0.2) is 0 Å². The lowest BCUT2D eigenvalue weighted by Gasteiger charge is -2.17. The molecule has 0 saturated carbocycles. The topological polar surface area (TPSA) is 102 Å². The first kappa shape index (κ1) is 22.6. The molecule has 1 aromatic carbocycles. The lowest BCUT2D eigenvalue weighted by atomic mass is 9.98. The van der Waals surface area contributed by atoms with Gasteiger partial charge >= 0.3 is 5.97 Å². The first-order valence-electron chi connectivity index (χ1n) is 10.3. The Bertz CT molecular complexity index is 1250. The molecule has 4 rings (SSSR count). The number of hydrogen-bond acceptors (Lipinski definition) is 5. The third-order valence-electron chi connectivity index (χ3n) is 5.47. The standard InChI is InChI=1S/C22H24ClN3O5S/c1-14(2)31-21-6-4-17(10-24-21)32(29,30)26-8-7-15(11-26)19-12-25(13-22(27)28)20-9-16(23)3-5-18(19)20/h3-6,9-10,12,14-15H,7-8,11,13H2,1-2H3,(H,27,28). The maximum Gasteiger partial charge on any atom is 0.323 e. The number of halogens is 1. The normalized spacial score (nSPS) is 17.3. The minimum atomic E-state index is -3.70. The predicted octanol–water partition coefficient (Wildman–Crippen LogP) is 3.74. The van der Waals surface area contributed by atoms with Crippen LogP contribution in [-0.4, -0.2) is 52.5 Å². The number of carbonyl (C=O) groups is 1. The van der Waals surface area contributed by atoms with E-state index < -0.39 is 16.0 Å². The smallest absolute Gasteiger partial charge is 0.323 e. The molecular weight excluding hydrogens is 454 g/mol. The van der Waals surface area contributed by atoms with Gasteiger partial charge in [0.2, 0.25) is 15.9 Å². The van der Waals surface area contributed by atoms with Crippen LogP contribution in [0.2, 0.25) is 5.02 Å². The Labute approximate surface area is 191 Å². The van der Waals surface area contributed by atoms with Crippen LogP contribution in [-0.2, 0) is 21.4 Å². The fourth-order valence-electron chi connectivity index (χ4n) is 4.08. The van der Waals surface area contributed by atoms with Crippen LogP contribution in [0, 0.1) is 0 Å². The third kappa shape index (κ3) is 4.46. The largest absolute Gasteiger partial charge is 0.480 e. The van der Waals surface area contributed by atoms with Crippen molar-refractivity contribution in [1.29, 1.82) is 0 Å². The summed E-state index contributed by atoms with van der Waals surface area (Å²) in [6, 6.07) is 8.42. The lowest BCUT2D eigenvalue weighted by molar-refractivity contribution is -0.137. The van der Waals surface area contributed by atoms with Crippen LogP contribution in [0.5, 0.6) is 5.88 Å². The second kappa shape index (κ2) is 8.73. The highest BCUT2D eigenvalue weighted by Gasteiger charge is 2.34. The van der Waals surface area contributed by atoms with E-state index in [1.54, 1.807) is 29.0 Å². The molecule has 2 aromatic heterocycles. The summed E-state index contributed by atoms with van der Waals surface area (Å²) in [5, 5.41) is 10.7. The quantitative estimate of drug-likeness (QED) is 0.556. The van der Waals surface area contributed by atoms with Gasteiger partial charge < -0.3 is 14.4 Å². The molecule has 1 aliphatic heterocycles. The molecule has 1 N–H and O–H groups in total. The minimum absolute atomic E-state index is 0.0533. The zero-order valence-electron chi connectivity index (χ0n) is 17.7. The van der Waals surface area contributed by atoms with Gasteiger partial charge in [0.1, 0.15) is 11.4 Å². The number of nitrogens with zero attached hydrogens (tertiary/aromatic N) is 3. The van der Waals surface area contributed by atoms with Crippen molar-refractivity contribution in [2.45, 2.75) is 43.7 Å². The molecule has 0 aliphatic carbocycles. The van der Waals surface area contributed by atoms with E-state index in [0.29, 0.717) is 30.4 Å². The Kier molecular flexibility index (Phi) is 6.15. The number of carboxylic acid groups (broad SMARTS) is 1. The van der Waals surface area contributed by atoms with Gasteiger partial charge in [0.25, 0.3) is 0 Å². The molecule has 1 saturated heterocycles. The van der Waals surface area contributed by atoms with Crippen molar-refractivity contribution in [2.24, 2.45) is 0 Å². The Balaban J connectivity index is 1.59. The second-order valence-corrected chi connectivity index (χ2v) is 10.5. The van der Waals surface area contributed by atoms with Crippen molar-refractivity contribution in [1.82, 2.24) is 13.9 Å². The van der Waals surface area contributed by atoms with E-state index in [1.165, 1.54) is 16.6 Å². The van der Waals surface area contributed by atoms with Crippen LogP contribution in [0.4, 0.5) is 0 Å². The van der Waals surface area contributed by atoms with E-state index in [0.717, 1.165) is 16.5 Å². The van der Waals surface area contributed by atoms with Crippen molar-refractivity contribution >= 4 is 38.5 Å². The molecular formula is C22H24ClN3O5S. The summed E-state index contributed by atoms with van der Waals surface area (Å²) in [5.41, 5.74) is 1.65. The van der Waals surface area contributed by atoms with Gasteiger partial charge in [-0.05, 0) is 44.0 Å². The summed E-state index contributed by atoms with van der Waals surface area (Å²) < 4.78 is 34.9. The van der Waals surface area contributed by atoms with Gasteiger partial charge in [0.05, 0.1) is 17.8 Å². The van der Waals surface area contributed by atoms with Gasteiger partial charge in [-0.2, -0.15) is 4.31 Å². The van der Waals surface area contributed by atoms with Gasteiger partial charge in [-0.1, -0.05) is 17.7 Å². The number of ether oxygens (including phenoxy) is 1. The van der Waals surface area contributed by atoms with E-state index in [9.17, 15) is 18.3 Å². The van der Waals surface area contributed by atoms with Gasteiger partial charge in [-0.15, -0.1) is 0 Å². The number of hydrogen-bond donors (Lipinski definition) is 1. The van der Waals surface area contributed by atoms with Crippen LogP contribution in [0.3, 0.4) is 0 Å². The van der Waals surface area contributed by atoms with E-state index in [1.807, 2.05) is 19.9 Å². The summed E-state index contributed by atoms with van der Waals surface area (Å²) >= 11 is 6.12. The average molecular weight is 478 g/mol. The summed E-state index contributed by atoms with van der Waals surface area (Å²) in [5.74, 6) is -0.635. The molecule has 0 spiro atoms. The highest BCUT2D eigenvalue weighted by atomic mass is 35.5. The number of carboxylic acids is 1. The molecule has 170 valence electrons. The number of aliphatic carboxylic acids is 1. The van der Waals surface area contributed by atoms with E-state index in [-0.39, 0.29) is 23.5 Å². The Morgan fingerprint density at radius 2 is 2.09 bits per heavy atom. The number of sulfonamides is 1. The van der Waals surface area contributed by atoms with Crippen molar-refractivity contribution < 1.29 is 23.1 Å². The molecule has 1 atom stereocenters. The zero-order valence-corrected chi connectivity index (χ0v) is 19.3. The summed E-state index contributed by atoms with van der Waals surface area (Å²) in [7, 11) is -3.70. The summed E-state index contributed by atoms with van der Waals surface area (Å²) in [6.45, 7) is 4.23. The monoisotopic (exact) mass is 477 g/mol. The van der Waals surface area contributed by atoms with E-state index in [4.69, 9.17) is 16.3 Å². The summed E-state index contributed by atoms with van der Waals surface area (Å²) in [6.07, 6.45) is 3.70. The van der Waals surface area contributed by atoms with Gasteiger partial charge in [-0.25, -0.2) is 13.4 Å². The zero-order chi connectivity index (χ0) is 23.0. The van der Waals surface area contributed by atoms with E-state index >= 15 is 0 Å². The van der Waals surface area contributed by atoms with Crippen LogP contribution in [0.15, 0.2) is 47.6 Å². The predicted molar refractivity (Wildman–Crippen MR) is 121 cm³/mol. The average Bonchev–Trinajstić information content (AvgIpc) is 3.33. The van der Waals surface area contributed by atoms with Crippen LogP contribution in [0.25, 0.3) is 10.9 Å². The van der Waals surface area contributed by atoms with Gasteiger partial charge in [-0.3, -0.25) is 4.79 Å². The summed E-state index contributed by atoms with van der Waals surface area (Å²) in [4.78, 5) is 15.5. The highest BCUT2D eigenvalue weighted by Crippen LogP contribution is 2.36. The molecule has 1 unspecified atom stereocenters. The van der Waals surface area contributed by atoms with Crippen LogP contribution in [0.1, 0.15) is 31.7 Å². The molecule has 32 heavy (non-hydrogen) atoms. The maximum atomic E-state index is 13.1. The molecule has 0 radical (unpaired) electrons. The Hall–Kier alpha value is -2.62. The Morgan fingerprint density at radius 3 is 2.75 bits per heavy atom. The number of rotatable bonds is 7. The number of benzene rings is 1. The fourth-order valence-corrected chi connectivity index (χ4v) is 5.69. The number of fused-ring (bicyclic) bond motifs is 1. The lowest BCUT2D eigenvalue weighted by Crippen LogP contribution is -2.28. The SMILES string of the molecule is CC(C)Oc1ccc(S(=O)(=O)N2CCC(c3cn(CC(=O)O)c4cc(Cl)ccc34)C2)cn1. The molecule has 1 aliphatic rings. The van der Waals surface area contributed by atoms with Crippen molar-refractivity contribution in [2.75, 3.05) is 13.1 Å². The van der Waals surface area contributed by atoms with Crippen LogP contribution >= 0.6 is 11.6 Å². The molecule has 3 aromatic rings. The molecule has 0 amide bonds. The van der Waals surface area contributed by atoms with Crippen molar-refractivity contribution in [3.05, 3.63) is 53.3 Å². The first-order chi connectivity index (χ1) is 15.1. The molecule has 0 bridgehead atoms. The molecule has 10 heteroatoms. The van der Waals surface area contributed by atoms with Crippen LogP contribution < -0.4 is 4.74 Å². The second-order valence-electron chi connectivity index (χ2n) is 8.11. The molecule has 1 fully saturated rings. The Morgan fingerprint density at radius 1 is 1.31 bits per heavy atom. The van der Waals surface area contributed by atoms with Gasteiger partial charge in [0, 0.05) is 41.7 Å². The third-order valence-corrected chi connectivity index (χ3v) is 7.56. The molecule has 8 nitrogen and oxygen atoms in total. The number of pyridine rings is 1.